The topological polar surface area (TPSA) is 98.2 Å². The zero-order valence-corrected chi connectivity index (χ0v) is 7.29. The largest absolute Gasteiger partial charge is 0.465 e. The fraction of sp³-hybridized carbons (Fsp3) is 0.571. The fourth-order valence-electron chi connectivity index (χ4n) is 1.34. The van der Waals surface area contributed by atoms with Gasteiger partial charge in [-0.25, -0.2) is 9.59 Å². The van der Waals surface area contributed by atoms with E-state index in [0.29, 0.717) is 6.29 Å². The van der Waals surface area contributed by atoms with Crippen molar-refractivity contribution >= 4 is 18.5 Å². The molecule has 2 amide bonds. The molecule has 1 saturated heterocycles. The number of hydrogen-bond donors (Lipinski definition) is 2. The lowest BCUT2D eigenvalue weighted by atomic mass is 10.2. The van der Waals surface area contributed by atoms with Gasteiger partial charge in [-0.15, -0.1) is 0 Å². The first-order valence-corrected chi connectivity index (χ1v) is 3.99. The van der Waals surface area contributed by atoms with E-state index in [4.69, 9.17) is 10.2 Å². The van der Waals surface area contributed by atoms with Crippen LogP contribution in [0.2, 0.25) is 0 Å². The Balaban J connectivity index is 2.68. The van der Waals surface area contributed by atoms with Crippen LogP contribution in [-0.2, 0) is 4.79 Å². The molecule has 14 heavy (non-hydrogen) atoms. The Bertz CT molecular complexity index is 267. The third kappa shape index (κ3) is 1.93. The predicted molar refractivity (Wildman–Crippen MR) is 44.2 cm³/mol. The van der Waals surface area contributed by atoms with E-state index in [-0.39, 0.29) is 19.6 Å². The van der Waals surface area contributed by atoms with Gasteiger partial charge < -0.3 is 19.9 Å². The molecule has 1 atom stereocenters. The lowest BCUT2D eigenvalue weighted by molar-refractivity contribution is -0.113. The van der Waals surface area contributed by atoms with Crippen molar-refractivity contribution < 1.29 is 24.6 Å². The van der Waals surface area contributed by atoms with Crippen molar-refractivity contribution in [2.24, 2.45) is 0 Å². The number of piperazine rings is 1. The van der Waals surface area contributed by atoms with Crippen LogP contribution in [0, 0.1) is 0 Å². The maximum atomic E-state index is 10.6. The molecule has 0 aromatic heterocycles. The number of carbonyl (C=O) groups is 3. The van der Waals surface area contributed by atoms with E-state index in [1.54, 1.807) is 0 Å². The first kappa shape index (κ1) is 10.3. The summed E-state index contributed by atoms with van der Waals surface area (Å²) in [5.41, 5.74) is 0. The molecule has 0 spiro atoms. The molecule has 0 radical (unpaired) electrons. The number of rotatable bonds is 1. The van der Waals surface area contributed by atoms with Crippen molar-refractivity contribution in [1.29, 1.82) is 0 Å². The van der Waals surface area contributed by atoms with Gasteiger partial charge in [0, 0.05) is 13.1 Å². The van der Waals surface area contributed by atoms with Gasteiger partial charge in [0.25, 0.3) is 0 Å². The minimum absolute atomic E-state index is 0.0328. The third-order valence-corrected chi connectivity index (χ3v) is 2.09. The van der Waals surface area contributed by atoms with Crippen LogP contribution >= 0.6 is 0 Å². The highest BCUT2D eigenvalue weighted by Gasteiger charge is 2.31. The van der Waals surface area contributed by atoms with Crippen LogP contribution in [0.25, 0.3) is 0 Å². The Morgan fingerprint density at radius 1 is 1.21 bits per heavy atom. The summed E-state index contributed by atoms with van der Waals surface area (Å²) in [6, 6.07) is -0.891. The fourth-order valence-corrected chi connectivity index (χ4v) is 1.34. The molecule has 1 aliphatic rings. The Kier molecular flexibility index (Phi) is 2.90. The van der Waals surface area contributed by atoms with E-state index >= 15 is 0 Å². The summed E-state index contributed by atoms with van der Waals surface area (Å²) in [5.74, 6) is 0. The number of amides is 2. The SMILES string of the molecule is O=CC1CN(C(=O)O)CCN1C(=O)O. The minimum Gasteiger partial charge on any atom is -0.465 e. The van der Waals surface area contributed by atoms with Gasteiger partial charge in [-0.3, -0.25) is 4.90 Å². The molecule has 7 heteroatoms. The van der Waals surface area contributed by atoms with Gasteiger partial charge in [-0.05, 0) is 0 Å². The zero-order valence-electron chi connectivity index (χ0n) is 7.29. The van der Waals surface area contributed by atoms with Crippen LogP contribution in [0.15, 0.2) is 0 Å². The summed E-state index contributed by atoms with van der Waals surface area (Å²) in [5, 5.41) is 17.3. The van der Waals surface area contributed by atoms with Gasteiger partial charge in [0.2, 0.25) is 0 Å². The van der Waals surface area contributed by atoms with Crippen molar-refractivity contribution in [3.05, 3.63) is 0 Å². The first-order chi connectivity index (χ1) is 6.56. The molecule has 1 rings (SSSR count). The molecule has 1 aliphatic heterocycles. The maximum absolute atomic E-state index is 10.6. The van der Waals surface area contributed by atoms with Gasteiger partial charge in [0.15, 0.2) is 0 Å². The Morgan fingerprint density at radius 2 is 1.86 bits per heavy atom. The zero-order chi connectivity index (χ0) is 10.7. The molecule has 2 N–H and O–H groups in total. The van der Waals surface area contributed by atoms with E-state index in [2.05, 4.69) is 0 Å². The van der Waals surface area contributed by atoms with E-state index in [9.17, 15) is 14.4 Å². The molecule has 78 valence electrons. The summed E-state index contributed by atoms with van der Waals surface area (Å²) >= 11 is 0. The number of hydrogen-bond acceptors (Lipinski definition) is 3. The normalized spacial score (nSPS) is 21.9. The van der Waals surface area contributed by atoms with Crippen molar-refractivity contribution in [2.75, 3.05) is 19.6 Å². The van der Waals surface area contributed by atoms with Crippen molar-refractivity contribution in [3.8, 4) is 0 Å². The monoisotopic (exact) mass is 202 g/mol. The lowest BCUT2D eigenvalue weighted by Crippen LogP contribution is -2.56. The van der Waals surface area contributed by atoms with Crippen LogP contribution in [0.3, 0.4) is 0 Å². The second-order valence-corrected chi connectivity index (χ2v) is 2.91. The van der Waals surface area contributed by atoms with Crippen LogP contribution in [0.5, 0.6) is 0 Å². The van der Waals surface area contributed by atoms with Gasteiger partial charge in [0.05, 0.1) is 6.54 Å². The van der Waals surface area contributed by atoms with E-state index in [0.717, 1.165) is 9.80 Å². The molecular formula is C7H10N2O5. The molecule has 1 heterocycles. The standard InChI is InChI=1S/C7H10N2O5/c10-4-5-3-8(6(11)12)1-2-9(5)7(13)14/h4-5H,1-3H2,(H,11,12)(H,13,14). The molecule has 0 bridgehead atoms. The van der Waals surface area contributed by atoms with Crippen molar-refractivity contribution in [3.63, 3.8) is 0 Å². The van der Waals surface area contributed by atoms with Crippen LogP contribution in [-0.4, -0.2) is 64.2 Å². The van der Waals surface area contributed by atoms with Gasteiger partial charge in [-0.1, -0.05) is 0 Å². The lowest BCUT2D eigenvalue weighted by Gasteiger charge is -2.35. The highest BCUT2D eigenvalue weighted by molar-refractivity contribution is 5.74. The highest BCUT2D eigenvalue weighted by Crippen LogP contribution is 2.08. The summed E-state index contributed by atoms with van der Waals surface area (Å²) in [6.45, 7) is 0.0438. The second kappa shape index (κ2) is 3.95. The van der Waals surface area contributed by atoms with Gasteiger partial charge >= 0.3 is 12.2 Å². The molecule has 0 aliphatic carbocycles. The maximum Gasteiger partial charge on any atom is 0.408 e. The van der Waals surface area contributed by atoms with Crippen molar-refractivity contribution in [2.45, 2.75) is 6.04 Å². The molecule has 7 nitrogen and oxygen atoms in total. The molecular weight excluding hydrogens is 192 g/mol. The van der Waals surface area contributed by atoms with Crippen LogP contribution in [0.4, 0.5) is 9.59 Å². The summed E-state index contributed by atoms with van der Waals surface area (Å²) in [4.78, 5) is 33.6. The quantitative estimate of drug-likeness (QED) is 0.560. The molecule has 1 fully saturated rings. The third-order valence-electron chi connectivity index (χ3n) is 2.09. The van der Waals surface area contributed by atoms with Gasteiger partial charge in [0.1, 0.15) is 12.3 Å². The van der Waals surface area contributed by atoms with E-state index in [1.807, 2.05) is 0 Å². The molecule has 0 aromatic carbocycles. The molecule has 1 unspecified atom stereocenters. The predicted octanol–water partition coefficient (Wildman–Crippen LogP) is -0.472. The second-order valence-electron chi connectivity index (χ2n) is 2.91. The molecule has 0 aromatic rings. The number of carboxylic acid groups (broad SMARTS) is 2. The first-order valence-electron chi connectivity index (χ1n) is 3.99. The summed E-state index contributed by atoms with van der Waals surface area (Å²) < 4.78 is 0. The van der Waals surface area contributed by atoms with Gasteiger partial charge in [-0.2, -0.15) is 0 Å². The summed E-state index contributed by atoms with van der Waals surface area (Å²) in [6.07, 6.45) is -1.89. The van der Waals surface area contributed by atoms with Crippen LogP contribution < -0.4 is 0 Å². The van der Waals surface area contributed by atoms with E-state index in [1.165, 1.54) is 0 Å². The highest BCUT2D eigenvalue weighted by atomic mass is 16.4. The number of carbonyl (C=O) groups excluding carboxylic acids is 1. The molecule has 0 saturated carbocycles. The summed E-state index contributed by atoms with van der Waals surface area (Å²) in [7, 11) is 0. The average molecular weight is 202 g/mol. The number of nitrogens with zero attached hydrogens (tertiary/aromatic N) is 2. The number of aldehydes is 1. The minimum atomic E-state index is -1.20. The Morgan fingerprint density at radius 3 is 2.29 bits per heavy atom. The van der Waals surface area contributed by atoms with Crippen LogP contribution in [0.1, 0.15) is 0 Å². The Hall–Kier alpha value is -1.79. The van der Waals surface area contributed by atoms with Crippen molar-refractivity contribution in [1.82, 2.24) is 9.80 Å². The van der Waals surface area contributed by atoms with E-state index < -0.39 is 18.2 Å². The smallest absolute Gasteiger partial charge is 0.408 e. The average Bonchev–Trinajstić information content (AvgIpc) is 2.16. The Labute approximate surface area is 79.5 Å².